The van der Waals surface area contributed by atoms with E-state index in [1.165, 1.54) is 32.3 Å². The second-order valence-electron chi connectivity index (χ2n) is 14.4. The van der Waals surface area contributed by atoms with Crippen LogP contribution in [-0.4, -0.2) is 19.5 Å². The number of furan rings is 1. The van der Waals surface area contributed by atoms with Gasteiger partial charge in [0.1, 0.15) is 11.2 Å². The van der Waals surface area contributed by atoms with Crippen molar-refractivity contribution >= 4 is 76.1 Å². The van der Waals surface area contributed by atoms with E-state index in [0.717, 1.165) is 66.0 Å². The van der Waals surface area contributed by atoms with Crippen molar-refractivity contribution in [3.05, 3.63) is 182 Å². The zero-order valence-electron chi connectivity index (χ0n) is 30.0. The van der Waals surface area contributed by atoms with Crippen molar-refractivity contribution in [3.63, 3.8) is 0 Å². The fourth-order valence-corrected chi connectivity index (χ4v) is 8.68. The van der Waals surface area contributed by atoms with Crippen LogP contribution in [0.3, 0.4) is 0 Å². The van der Waals surface area contributed by atoms with Crippen LogP contribution in [0.15, 0.2) is 186 Å². The number of hydrogen-bond donors (Lipinski definition) is 0. The normalized spacial score (nSPS) is 11.9. The number of para-hydroxylation sites is 1. The van der Waals surface area contributed by atoms with Crippen LogP contribution in [0.2, 0.25) is 0 Å². The molecule has 3 heterocycles. The lowest BCUT2D eigenvalue weighted by Crippen LogP contribution is -2.06. The first-order valence-corrected chi connectivity index (χ1v) is 18.9. The van der Waals surface area contributed by atoms with E-state index in [1.807, 2.05) is 18.2 Å². The molecule has 260 valence electrons. The van der Waals surface area contributed by atoms with Crippen LogP contribution in [0.1, 0.15) is 0 Å². The molecule has 0 aliphatic rings. The highest BCUT2D eigenvalue weighted by Crippen LogP contribution is 2.43. The van der Waals surface area contributed by atoms with Crippen LogP contribution in [0.4, 0.5) is 0 Å². The lowest BCUT2D eigenvalue weighted by atomic mass is 9.99. The smallest absolute Gasteiger partial charge is 0.238 e. The highest BCUT2D eigenvalue weighted by Gasteiger charge is 2.23. The van der Waals surface area contributed by atoms with Gasteiger partial charge < -0.3 is 4.42 Å². The van der Waals surface area contributed by atoms with Crippen molar-refractivity contribution in [1.82, 2.24) is 19.5 Å². The predicted molar refractivity (Wildman–Crippen MR) is 230 cm³/mol. The molecule has 0 aliphatic carbocycles. The average molecular weight is 715 g/mol. The number of fused-ring (bicyclic) bond motifs is 12. The average Bonchev–Trinajstić information content (AvgIpc) is 3.84. The van der Waals surface area contributed by atoms with Gasteiger partial charge in [-0.05, 0) is 68.4 Å². The van der Waals surface area contributed by atoms with Gasteiger partial charge in [-0.25, -0.2) is 4.98 Å². The molecular formula is C51H30N4O. The third-order valence-electron chi connectivity index (χ3n) is 11.2. The Balaban J connectivity index is 1.22. The van der Waals surface area contributed by atoms with Crippen molar-refractivity contribution < 1.29 is 4.42 Å². The number of hydrogen-bond acceptors (Lipinski definition) is 4. The van der Waals surface area contributed by atoms with Crippen LogP contribution in [-0.2, 0) is 0 Å². The minimum atomic E-state index is 0.551. The first-order valence-electron chi connectivity index (χ1n) is 18.9. The molecule has 0 atom stereocenters. The highest BCUT2D eigenvalue weighted by molar-refractivity contribution is 6.28. The molecular weight excluding hydrogens is 685 g/mol. The van der Waals surface area contributed by atoms with Crippen LogP contribution in [0.5, 0.6) is 0 Å². The Bertz CT molecular complexity index is 3450. The zero-order chi connectivity index (χ0) is 36.7. The van der Waals surface area contributed by atoms with Gasteiger partial charge in [0.05, 0.1) is 11.0 Å². The van der Waals surface area contributed by atoms with Crippen LogP contribution in [0.25, 0.3) is 116 Å². The second kappa shape index (κ2) is 11.9. The molecule has 5 nitrogen and oxygen atoms in total. The van der Waals surface area contributed by atoms with Crippen molar-refractivity contribution in [2.24, 2.45) is 0 Å². The summed E-state index contributed by atoms with van der Waals surface area (Å²) in [6.07, 6.45) is 0. The standard InChI is InChI=1S/C51H30N4O/c1-2-13-31(14-3-1)34-18-12-19-36(29-34)49-52-50(41-30-35-17-6-9-22-39(35)48-45(41)40-23-10-11-24-44(40)56-48)54-51(53-49)55-42-27-25-32-15-4-7-20-37(32)46(42)47-38-21-8-5-16-33(38)26-28-43(47)55/h1-30H. The lowest BCUT2D eigenvalue weighted by molar-refractivity contribution is 0.672. The summed E-state index contributed by atoms with van der Waals surface area (Å²) >= 11 is 0. The third kappa shape index (κ3) is 4.58. The molecule has 3 aromatic heterocycles. The molecule has 0 spiro atoms. The Morgan fingerprint density at radius 3 is 1.68 bits per heavy atom. The Kier molecular flexibility index (Phi) is 6.56. The first-order chi connectivity index (χ1) is 27.8. The van der Waals surface area contributed by atoms with Crippen LogP contribution in [0, 0.1) is 0 Å². The fourth-order valence-electron chi connectivity index (χ4n) is 8.68. The maximum Gasteiger partial charge on any atom is 0.238 e. The summed E-state index contributed by atoms with van der Waals surface area (Å²) < 4.78 is 8.86. The molecule has 12 rings (SSSR count). The van der Waals surface area contributed by atoms with Gasteiger partial charge in [-0.1, -0.05) is 152 Å². The number of nitrogens with zero attached hydrogens (tertiary/aromatic N) is 4. The molecule has 0 saturated carbocycles. The molecule has 0 saturated heterocycles. The van der Waals surface area contributed by atoms with E-state index in [-0.39, 0.29) is 0 Å². The SMILES string of the molecule is c1ccc(-c2cccc(-c3nc(-c4cc5ccccc5c5oc6ccccc6c45)nc(-n4c5ccc6ccccc6c5c5c6ccccc6ccc54)n3)c2)cc1. The summed E-state index contributed by atoms with van der Waals surface area (Å²) in [5.41, 5.74) is 7.74. The van der Waals surface area contributed by atoms with Crippen molar-refractivity contribution in [3.8, 4) is 39.9 Å². The maximum atomic E-state index is 6.63. The summed E-state index contributed by atoms with van der Waals surface area (Å²) in [7, 11) is 0. The van der Waals surface area contributed by atoms with Gasteiger partial charge in [0, 0.05) is 38.1 Å². The van der Waals surface area contributed by atoms with Crippen LogP contribution < -0.4 is 0 Å². The molecule has 0 radical (unpaired) electrons. The summed E-state index contributed by atoms with van der Waals surface area (Å²) in [5.74, 6) is 1.72. The molecule has 0 aliphatic heterocycles. The molecule has 5 heteroatoms. The monoisotopic (exact) mass is 714 g/mol. The van der Waals surface area contributed by atoms with Gasteiger partial charge in [-0.3, -0.25) is 4.57 Å². The van der Waals surface area contributed by atoms with Gasteiger partial charge in [0.2, 0.25) is 5.95 Å². The summed E-state index contributed by atoms with van der Waals surface area (Å²) in [6.45, 7) is 0. The Labute approximate surface area is 320 Å². The van der Waals surface area contributed by atoms with E-state index in [0.29, 0.717) is 17.6 Å². The van der Waals surface area contributed by atoms with E-state index in [1.54, 1.807) is 0 Å². The maximum absolute atomic E-state index is 6.63. The third-order valence-corrected chi connectivity index (χ3v) is 11.2. The minimum Gasteiger partial charge on any atom is -0.455 e. The van der Waals surface area contributed by atoms with E-state index < -0.39 is 0 Å². The van der Waals surface area contributed by atoms with E-state index in [2.05, 4.69) is 168 Å². The van der Waals surface area contributed by atoms with Gasteiger partial charge in [0.25, 0.3) is 0 Å². The van der Waals surface area contributed by atoms with Crippen LogP contribution >= 0.6 is 0 Å². The van der Waals surface area contributed by atoms with Crippen molar-refractivity contribution in [2.45, 2.75) is 0 Å². The zero-order valence-corrected chi connectivity index (χ0v) is 30.0. The van der Waals surface area contributed by atoms with Gasteiger partial charge >= 0.3 is 0 Å². The Hall–Kier alpha value is -7.63. The topological polar surface area (TPSA) is 56.7 Å². The second-order valence-corrected chi connectivity index (χ2v) is 14.4. The molecule has 0 unspecified atom stereocenters. The Morgan fingerprint density at radius 1 is 0.375 bits per heavy atom. The highest BCUT2D eigenvalue weighted by atomic mass is 16.3. The molecule has 9 aromatic carbocycles. The first kappa shape index (κ1) is 30.8. The minimum absolute atomic E-state index is 0.551. The molecule has 0 amide bonds. The van der Waals surface area contributed by atoms with Gasteiger partial charge in [-0.15, -0.1) is 0 Å². The molecule has 0 bridgehead atoms. The van der Waals surface area contributed by atoms with Crippen molar-refractivity contribution in [1.29, 1.82) is 0 Å². The largest absolute Gasteiger partial charge is 0.455 e. The van der Waals surface area contributed by atoms with E-state index in [9.17, 15) is 0 Å². The molecule has 0 N–H and O–H groups in total. The Morgan fingerprint density at radius 2 is 0.946 bits per heavy atom. The summed E-state index contributed by atoms with van der Waals surface area (Å²) in [5, 5.41) is 11.2. The van der Waals surface area contributed by atoms with Crippen molar-refractivity contribution in [2.75, 3.05) is 0 Å². The van der Waals surface area contributed by atoms with Gasteiger partial charge in [0.15, 0.2) is 11.6 Å². The quantitative estimate of drug-likeness (QED) is 0.182. The summed E-state index contributed by atoms with van der Waals surface area (Å²) in [4.78, 5) is 16.2. The predicted octanol–water partition coefficient (Wildman–Crippen LogP) is 13.3. The molecule has 56 heavy (non-hydrogen) atoms. The molecule has 12 aromatic rings. The van der Waals surface area contributed by atoms with E-state index in [4.69, 9.17) is 19.4 Å². The number of aromatic nitrogens is 4. The summed E-state index contributed by atoms with van der Waals surface area (Å²) in [6, 6.07) is 63.8. The molecule has 0 fully saturated rings. The van der Waals surface area contributed by atoms with Gasteiger partial charge in [-0.2, -0.15) is 9.97 Å². The number of benzene rings is 9. The fraction of sp³-hybridized carbons (Fsp3) is 0. The lowest BCUT2D eigenvalue weighted by Gasteiger charge is -2.13. The number of rotatable bonds is 4. The van der Waals surface area contributed by atoms with E-state index >= 15 is 0 Å².